The lowest BCUT2D eigenvalue weighted by Crippen LogP contribution is -2.40. The van der Waals surface area contributed by atoms with E-state index in [4.69, 9.17) is 0 Å². The number of carbonyl (C=O) groups is 1. The van der Waals surface area contributed by atoms with Crippen LogP contribution < -0.4 is 10.0 Å². The van der Waals surface area contributed by atoms with Gasteiger partial charge in [-0.3, -0.25) is 4.79 Å². The summed E-state index contributed by atoms with van der Waals surface area (Å²) < 4.78 is 23.7. The van der Waals surface area contributed by atoms with Crippen molar-refractivity contribution in [3.63, 3.8) is 0 Å². The van der Waals surface area contributed by atoms with E-state index in [1.165, 1.54) is 6.42 Å². The van der Waals surface area contributed by atoms with Gasteiger partial charge in [0.05, 0.1) is 12.9 Å². The van der Waals surface area contributed by atoms with Crippen LogP contribution in [0.3, 0.4) is 0 Å². The van der Waals surface area contributed by atoms with E-state index < -0.39 is 10.0 Å². The summed E-state index contributed by atoms with van der Waals surface area (Å²) in [4.78, 5) is 11.5. The molecule has 1 amide bonds. The molecule has 1 rings (SSSR count). The van der Waals surface area contributed by atoms with Crippen molar-refractivity contribution in [2.24, 2.45) is 5.92 Å². The summed E-state index contributed by atoms with van der Waals surface area (Å²) in [6.45, 7) is -0.00579. The summed E-state index contributed by atoms with van der Waals surface area (Å²) in [5, 5.41) is 2.58. The van der Waals surface area contributed by atoms with Crippen LogP contribution in [-0.2, 0) is 14.8 Å². The summed E-state index contributed by atoms with van der Waals surface area (Å²) in [5.41, 5.74) is 0. The van der Waals surface area contributed by atoms with E-state index >= 15 is 0 Å². The Balaban J connectivity index is 2.23. The molecule has 6 heteroatoms. The Morgan fingerprint density at radius 1 is 1.27 bits per heavy atom. The zero-order valence-corrected chi connectivity index (χ0v) is 9.77. The topological polar surface area (TPSA) is 75.3 Å². The third-order valence-corrected chi connectivity index (χ3v) is 3.24. The van der Waals surface area contributed by atoms with Gasteiger partial charge in [0.2, 0.25) is 15.9 Å². The molecule has 0 bridgehead atoms. The maximum Gasteiger partial charge on any atom is 0.224 e. The van der Waals surface area contributed by atoms with Gasteiger partial charge in [-0.15, -0.1) is 0 Å². The average molecular weight is 234 g/mol. The maximum atomic E-state index is 11.5. The molecule has 1 aliphatic carbocycles. The monoisotopic (exact) mass is 234 g/mol. The van der Waals surface area contributed by atoms with E-state index in [2.05, 4.69) is 10.0 Å². The van der Waals surface area contributed by atoms with E-state index in [0.717, 1.165) is 31.9 Å². The van der Waals surface area contributed by atoms with Crippen LogP contribution in [0.25, 0.3) is 0 Å². The van der Waals surface area contributed by atoms with Crippen LogP contribution in [0.1, 0.15) is 32.1 Å². The number of nitrogens with one attached hydrogen (secondary N) is 2. The molecule has 0 aromatic carbocycles. The molecule has 2 N–H and O–H groups in total. The fourth-order valence-corrected chi connectivity index (χ4v) is 2.10. The van der Waals surface area contributed by atoms with Gasteiger partial charge < -0.3 is 5.32 Å². The van der Waals surface area contributed by atoms with Crippen LogP contribution in [0.15, 0.2) is 0 Å². The van der Waals surface area contributed by atoms with Crippen molar-refractivity contribution in [2.45, 2.75) is 32.1 Å². The number of carbonyl (C=O) groups excluding carboxylic acids is 1. The molecule has 0 spiro atoms. The summed E-state index contributed by atoms with van der Waals surface area (Å²) in [7, 11) is -3.22. The molecule has 0 atom stereocenters. The molecule has 0 aromatic heterocycles. The van der Waals surface area contributed by atoms with Crippen LogP contribution in [-0.4, -0.2) is 27.2 Å². The van der Waals surface area contributed by atoms with Crippen LogP contribution in [0, 0.1) is 5.92 Å². The van der Waals surface area contributed by atoms with Crippen molar-refractivity contribution in [1.29, 1.82) is 0 Å². The Kier molecular flexibility index (Phi) is 4.53. The van der Waals surface area contributed by atoms with E-state index in [9.17, 15) is 13.2 Å². The molecule has 88 valence electrons. The van der Waals surface area contributed by atoms with Crippen molar-refractivity contribution in [2.75, 3.05) is 12.9 Å². The molecular weight excluding hydrogens is 216 g/mol. The largest absolute Gasteiger partial charge is 0.342 e. The number of amides is 1. The lowest BCUT2D eigenvalue weighted by atomic mass is 9.89. The average Bonchev–Trinajstić information content (AvgIpc) is 2.17. The molecule has 0 unspecified atom stereocenters. The molecular formula is C9H18N2O3S. The van der Waals surface area contributed by atoms with Gasteiger partial charge in [0.15, 0.2) is 0 Å². The highest BCUT2D eigenvalue weighted by Gasteiger charge is 2.20. The van der Waals surface area contributed by atoms with Crippen LogP contribution in [0.4, 0.5) is 0 Å². The number of sulfonamides is 1. The number of rotatable bonds is 4. The normalized spacial score (nSPS) is 18.7. The fourth-order valence-electron chi connectivity index (χ4n) is 1.76. The SMILES string of the molecule is CS(=O)(=O)NCNC(=O)C1CCCCC1. The minimum atomic E-state index is -3.22. The van der Waals surface area contributed by atoms with Gasteiger partial charge >= 0.3 is 0 Å². The van der Waals surface area contributed by atoms with E-state index in [1.807, 2.05) is 0 Å². The molecule has 1 fully saturated rings. The summed E-state index contributed by atoms with van der Waals surface area (Å²) in [5.74, 6) is 0.0333. The Bertz CT molecular complexity index is 307. The zero-order chi connectivity index (χ0) is 11.3. The predicted octanol–water partition coefficient (Wildman–Crippen LogP) is 0.190. The maximum absolute atomic E-state index is 11.5. The summed E-state index contributed by atoms with van der Waals surface area (Å²) in [6, 6.07) is 0. The second-order valence-electron chi connectivity index (χ2n) is 3.97. The quantitative estimate of drug-likeness (QED) is 0.682. The van der Waals surface area contributed by atoms with E-state index in [1.54, 1.807) is 0 Å². The lowest BCUT2D eigenvalue weighted by molar-refractivity contribution is -0.125. The van der Waals surface area contributed by atoms with Gasteiger partial charge in [-0.25, -0.2) is 8.42 Å². The summed E-state index contributed by atoms with van der Waals surface area (Å²) in [6.07, 6.45) is 6.30. The van der Waals surface area contributed by atoms with E-state index in [0.29, 0.717) is 0 Å². The van der Waals surface area contributed by atoms with Crippen molar-refractivity contribution in [3.05, 3.63) is 0 Å². The molecule has 0 radical (unpaired) electrons. The first-order chi connectivity index (χ1) is 6.99. The number of hydrogen-bond acceptors (Lipinski definition) is 3. The van der Waals surface area contributed by atoms with Crippen LogP contribution in [0.5, 0.6) is 0 Å². The fraction of sp³-hybridized carbons (Fsp3) is 0.889. The van der Waals surface area contributed by atoms with Gasteiger partial charge in [0, 0.05) is 5.92 Å². The van der Waals surface area contributed by atoms with Crippen molar-refractivity contribution < 1.29 is 13.2 Å². The highest BCUT2D eigenvalue weighted by atomic mass is 32.2. The first-order valence-electron chi connectivity index (χ1n) is 5.21. The second kappa shape index (κ2) is 5.46. The first-order valence-corrected chi connectivity index (χ1v) is 7.10. The Morgan fingerprint density at radius 3 is 2.40 bits per heavy atom. The second-order valence-corrected chi connectivity index (χ2v) is 5.80. The molecule has 1 saturated carbocycles. The van der Waals surface area contributed by atoms with Crippen LogP contribution >= 0.6 is 0 Å². The van der Waals surface area contributed by atoms with Crippen LogP contribution in [0.2, 0.25) is 0 Å². The Hall–Kier alpha value is -0.620. The smallest absolute Gasteiger partial charge is 0.224 e. The molecule has 0 heterocycles. The Morgan fingerprint density at radius 2 is 1.87 bits per heavy atom. The third-order valence-electron chi connectivity index (χ3n) is 2.57. The van der Waals surface area contributed by atoms with Gasteiger partial charge in [0.25, 0.3) is 0 Å². The standard InChI is InChI=1S/C9H18N2O3S/c1-15(13,14)11-7-10-9(12)8-5-3-2-4-6-8/h8,11H,2-7H2,1H3,(H,10,12). The molecule has 1 aliphatic rings. The molecule has 5 nitrogen and oxygen atoms in total. The third kappa shape index (κ3) is 5.13. The van der Waals surface area contributed by atoms with Gasteiger partial charge in [0.1, 0.15) is 0 Å². The molecule has 0 aromatic rings. The highest BCUT2D eigenvalue weighted by Crippen LogP contribution is 2.23. The van der Waals surface area contributed by atoms with Gasteiger partial charge in [-0.1, -0.05) is 19.3 Å². The highest BCUT2D eigenvalue weighted by molar-refractivity contribution is 7.88. The lowest BCUT2D eigenvalue weighted by Gasteiger charge is -2.20. The van der Waals surface area contributed by atoms with Gasteiger partial charge in [-0.05, 0) is 12.8 Å². The van der Waals surface area contributed by atoms with Gasteiger partial charge in [-0.2, -0.15) is 4.72 Å². The first kappa shape index (κ1) is 12.4. The molecule has 0 saturated heterocycles. The minimum Gasteiger partial charge on any atom is -0.342 e. The van der Waals surface area contributed by atoms with E-state index in [-0.39, 0.29) is 18.5 Å². The number of hydrogen-bond donors (Lipinski definition) is 2. The predicted molar refractivity (Wildman–Crippen MR) is 57.6 cm³/mol. The molecule has 15 heavy (non-hydrogen) atoms. The minimum absolute atomic E-state index is 0.00579. The van der Waals surface area contributed by atoms with Crippen molar-refractivity contribution in [1.82, 2.24) is 10.0 Å². The molecule has 0 aliphatic heterocycles. The van der Waals surface area contributed by atoms with Crippen molar-refractivity contribution >= 4 is 15.9 Å². The summed E-state index contributed by atoms with van der Waals surface area (Å²) >= 11 is 0. The zero-order valence-electron chi connectivity index (χ0n) is 8.95. The van der Waals surface area contributed by atoms with Crippen molar-refractivity contribution in [3.8, 4) is 0 Å². The Labute approximate surface area is 90.7 Å².